The van der Waals surface area contributed by atoms with Crippen molar-refractivity contribution in [3.63, 3.8) is 0 Å². The molecule has 0 unspecified atom stereocenters. The predicted octanol–water partition coefficient (Wildman–Crippen LogP) is 5.13. The Morgan fingerprint density at radius 1 is 1.18 bits per heavy atom. The third-order valence-corrected chi connectivity index (χ3v) is 4.49. The number of halogens is 1. The summed E-state index contributed by atoms with van der Waals surface area (Å²) in [4.78, 5) is 16.8. The van der Waals surface area contributed by atoms with Crippen LogP contribution in [0.25, 0.3) is 11.3 Å². The van der Waals surface area contributed by atoms with Crippen molar-refractivity contribution in [2.45, 2.75) is 6.92 Å². The van der Waals surface area contributed by atoms with Crippen molar-refractivity contribution in [1.82, 2.24) is 4.98 Å². The highest BCUT2D eigenvalue weighted by atomic mass is 79.9. The van der Waals surface area contributed by atoms with Crippen LogP contribution in [0.1, 0.15) is 15.9 Å². The molecule has 5 heteroatoms. The average Bonchev–Trinajstić information content (AvgIpc) is 2.96. The summed E-state index contributed by atoms with van der Waals surface area (Å²) in [5.41, 5.74) is 3.49. The van der Waals surface area contributed by atoms with E-state index in [1.165, 1.54) is 11.3 Å². The van der Waals surface area contributed by atoms with Gasteiger partial charge in [0.2, 0.25) is 0 Å². The second-order valence-corrected chi connectivity index (χ2v) is 6.59. The molecule has 1 heterocycles. The van der Waals surface area contributed by atoms with Crippen LogP contribution in [-0.2, 0) is 0 Å². The number of amides is 1. The second kappa shape index (κ2) is 6.42. The number of thiazole rings is 1. The Morgan fingerprint density at radius 3 is 2.77 bits per heavy atom. The summed E-state index contributed by atoms with van der Waals surface area (Å²) in [6.45, 7) is 1.92. The number of hydrogen-bond acceptors (Lipinski definition) is 3. The van der Waals surface area contributed by atoms with Crippen molar-refractivity contribution in [3.8, 4) is 11.3 Å². The van der Waals surface area contributed by atoms with Gasteiger partial charge in [0, 0.05) is 21.0 Å². The van der Waals surface area contributed by atoms with Crippen molar-refractivity contribution < 1.29 is 4.79 Å². The van der Waals surface area contributed by atoms with E-state index in [4.69, 9.17) is 0 Å². The number of anilines is 1. The lowest BCUT2D eigenvalue weighted by Gasteiger charge is -2.04. The van der Waals surface area contributed by atoms with Crippen molar-refractivity contribution in [3.05, 3.63) is 69.5 Å². The summed E-state index contributed by atoms with van der Waals surface area (Å²) < 4.78 is 1.00. The molecular weight excluding hydrogens is 360 g/mol. The van der Waals surface area contributed by atoms with Gasteiger partial charge in [0.25, 0.3) is 5.91 Å². The zero-order valence-electron chi connectivity index (χ0n) is 11.8. The molecule has 0 spiro atoms. The molecule has 0 aliphatic heterocycles. The van der Waals surface area contributed by atoms with E-state index in [1.54, 1.807) is 0 Å². The third kappa shape index (κ3) is 3.26. The first-order valence-corrected chi connectivity index (χ1v) is 8.39. The number of nitrogens with one attached hydrogen (secondary N) is 1. The zero-order chi connectivity index (χ0) is 15.5. The molecule has 1 aromatic heterocycles. The summed E-state index contributed by atoms with van der Waals surface area (Å²) in [7, 11) is 0. The highest BCUT2D eigenvalue weighted by Crippen LogP contribution is 2.27. The number of rotatable bonds is 3. The number of aromatic nitrogens is 1. The van der Waals surface area contributed by atoms with Gasteiger partial charge in [-0.25, -0.2) is 4.98 Å². The lowest BCUT2D eigenvalue weighted by Crippen LogP contribution is -2.12. The number of carbonyl (C=O) groups is 1. The van der Waals surface area contributed by atoms with Crippen molar-refractivity contribution >= 4 is 38.3 Å². The fourth-order valence-electron chi connectivity index (χ4n) is 2.10. The number of benzene rings is 2. The van der Waals surface area contributed by atoms with E-state index in [-0.39, 0.29) is 5.91 Å². The van der Waals surface area contributed by atoms with Crippen LogP contribution in [0.4, 0.5) is 5.13 Å². The van der Waals surface area contributed by atoms with Crippen LogP contribution in [0.15, 0.2) is 58.4 Å². The molecule has 3 rings (SSSR count). The van der Waals surface area contributed by atoms with Crippen LogP contribution in [0.2, 0.25) is 0 Å². The fraction of sp³-hybridized carbons (Fsp3) is 0.0588. The lowest BCUT2D eigenvalue weighted by molar-refractivity contribution is 0.102. The van der Waals surface area contributed by atoms with Crippen molar-refractivity contribution in [2.24, 2.45) is 0 Å². The molecule has 3 aromatic rings. The summed E-state index contributed by atoms with van der Waals surface area (Å²) in [5.74, 6) is -0.131. The van der Waals surface area contributed by atoms with Gasteiger partial charge in [-0.05, 0) is 30.7 Å². The van der Waals surface area contributed by atoms with Gasteiger partial charge in [-0.2, -0.15) is 0 Å². The van der Waals surface area contributed by atoms with E-state index < -0.39 is 0 Å². The van der Waals surface area contributed by atoms with E-state index in [0.717, 1.165) is 21.3 Å². The van der Waals surface area contributed by atoms with Gasteiger partial charge >= 0.3 is 0 Å². The van der Waals surface area contributed by atoms with Gasteiger partial charge < -0.3 is 0 Å². The molecule has 1 amide bonds. The monoisotopic (exact) mass is 372 g/mol. The maximum absolute atomic E-state index is 12.3. The smallest absolute Gasteiger partial charge is 0.257 e. The molecule has 1 N–H and O–H groups in total. The maximum atomic E-state index is 12.3. The van der Waals surface area contributed by atoms with Crippen LogP contribution in [0.5, 0.6) is 0 Å². The van der Waals surface area contributed by atoms with Crippen molar-refractivity contribution in [2.75, 3.05) is 5.32 Å². The molecule has 2 aromatic carbocycles. The quantitative estimate of drug-likeness (QED) is 0.691. The summed E-state index contributed by atoms with van der Waals surface area (Å²) in [6, 6.07) is 15.4. The molecule has 0 saturated carbocycles. The molecule has 0 radical (unpaired) electrons. The van der Waals surface area contributed by atoms with Crippen LogP contribution < -0.4 is 5.32 Å². The minimum absolute atomic E-state index is 0.131. The Bertz CT molecular complexity index is 829. The zero-order valence-corrected chi connectivity index (χ0v) is 14.2. The Labute approximate surface area is 141 Å². The minimum Gasteiger partial charge on any atom is -0.298 e. The van der Waals surface area contributed by atoms with E-state index in [9.17, 15) is 4.79 Å². The van der Waals surface area contributed by atoms with Crippen LogP contribution >= 0.6 is 27.3 Å². The van der Waals surface area contributed by atoms with E-state index in [0.29, 0.717) is 10.7 Å². The van der Waals surface area contributed by atoms with Gasteiger partial charge in [-0.1, -0.05) is 46.3 Å². The Balaban J connectivity index is 1.80. The molecule has 0 bridgehead atoms. The number of carbonyl (C=O) groups excluding carboxylic acids is 1. The third-order valence-electron chi connectivity index (χ3n) is 3.23. The maximum Gasteiger partial charge on any atom is 0.257 e. The molecule has 0 saturated heterocycles. The van der Waals surface area contributed by atoms with Crippen LogP contribution in [0, 0.1) is 6.92 Å². The van der Waals surface area contributed by atoms with Gasteiger partial charge in [-0.15, -0.1) is 11.3 Å². The number of aryl methyl sites for hydroxylation is 1. The Morgan fingerprint density at radius 2 is 2.00 bits per heavy atom. The molecule has 22 heavy (non-hydrogen) atoms. The van der Waals surface area contributed by atoms with Crippen LogP contribution in [0.3, 0.4) is 0 Å². The number of nitrogens with zero attached hydrogens (tertiary/aromatic N) is 1. The summed E-state index contributed by atoms with van der Waals surface area (Å²) in [5, 5.41) is 5.40. The van der Waals surface area contributed by atoms with Gasteiger partial charge in [0.05, 0.1) is 5.69 Å². The van der Waals surface area contributed by atoms with Crippen molar-refractivity contribution in [1.29, 1.82) is 0 Å². The molecular formula is C17H13BrN2OS. The first kappa shape index (κ1) is 14.9. The molecule has 0 atom stereocenters. The molecule has 0 fully saturated rings. The highest BCUT2D eigenvalue weighted by molar-refractivity contribution is 9.10. The first-order chi connectivity index (χ1) is 10.6. The fourth-order valence-corrected chi connectivity index (χ4v) is 3.22. The van der Waals surface area contributed by atoms with E-state index in [2.05, 4.69) is 26.2 Å². The average molecular weight is 373 g/mol. The summed E-state index contributed by atoms with van der Waals surface area (Å²) in [6.07, 6.45) is 0. The SMILES string of the molecule is Cc1ccccc1C(=O)Nc1nc(-c2cccc(Br)c2)cs1. The normalized spacial score (nSPS) is 10.5. The molecule has 3 nitrogen and oxygen atoms in total. The topological polar surface area (TPSA) is 42.0 Å². The minimum atomic E-state index is -0.131. The second-order valence-electron chi connectivity index (χ2n) is 4.82. The van der Waals surface area contributed by atoms with Gasteiger partial charge in [0.1, 0.15) is 0 Å². The highest BCUT2D eigenvalue weighted by Gasteiger charge is 2.11. The Kier molecular flexibility index (Phi) is 4.36. The standard InChI is InChI=1S/C17H13BrN2OS/c1-11-5-2-3-8-14(11)16(21)20-17-19-15(10-22-17)12-6-4-7-13(18)9-12/h2-10H,1H3,(H,19,20,21). The van der Waals surface area contributed by atoms with Gasteiger partial charge in [-0.3, -0.25) is 10.1 Å². The summed E-state index contributed by atoms with van der Waals surface area (Å²) >= 11 is 4.87. The molecule has 0 aliphatic rings. The Hall–Kier alpha value is -1.98. The van der Waals surface area contributed by atoms with Gasteiger partial charge in [0.15, 0.2) is 5.13 Å². The predicted molar refractivity (Wildman–Crippen MR) is 94.4 cm³/mol. The van der Waals surface area contributed by atoms with E-state index >= 15 is 0 Å². The van der Waals surface area contributed by atoms with Crippen LogP contribution in [-0.4, -0.2) is 10.9 Å². The van der Waals surface area contributed by atoms with E-state index in [1.807, 2.05) is 60.8 Å². The molecule has 0 aliphatic carbocycles. The lowest BCUT2D eigenvalue weighted by atomic mass is 10.1. The first-order valence-electron chi connectivity index (χ1n) is 6.72. The molecule has 110 valence electrons. The largest absolute Gasteiger partial charge is 0.298 e. The number of hydrogen-bond donors (Lipinski definition) is 1.